The second-order valence-electron chi connectivity index (χ2n) is 8.32. The third kappa shape index (κ3) is 6.25. The van der Waals surface area contributed by atoms with Gasteiger partial charge in [-0.25, -0.2) is 13.2 Å². The lowest BCUT2D eigenvalue weighted by Crippen LogP contribution is -2.17. The van der Waals surface area contributed by atoms with Crippen LogP contribution in [0.2, 0.25) is 0 Å². The fourth-order valence-electron chi connectivity index (χ4n) is 4.41. The van der Waals surface area contributed by atoms with Gasteiger partial charge in [0.1, 0.15) is 11.9 Å². The molecule has 1 saturated carbocycles. The number of rotatable bonds is 9. The van der Waals surface area contributed by atoms with Gasteiger partial charge in [-0.1, -0.05) is 82.2 Å². The molecule has 1 fully saturated rings. The van der Waals surface area contributed by atoms with E-state index in [0.717, 1.165) is 36.5 Å². The molecule has 2 aromatic rings. The van der Waals surface area contributed by atoms with Crippen molar-refractivity contribution in [2.24, 2.45) is 11.8 Å². The molecule has 0 bridgehead atoms. The molecular weight excluding hydrogens is 373 g/mol. The van der Waals surface area contributed by atoms with Crippen LogP contribution in [0, 0.1) is 29.3 Å². The molecule has 0 aliphatic heterocycles. The molecule has 3 rings (SSSR count). The van der Waals surface area contributed by atoms with Gasteiger partial charge in [-0.05, 0) is 30.2 Å². The Labute approximate surface area is 172 Å². The standard InChI is InChI=1S/C25H31F3O/c1-2-3-7-18-10-12-19(13-11-18)14-15-24(20-8-5-4-6-9-20)29-21-16-22(26)25(28)23(27)17-21/h4-6,8-9,16-19,24H,2-3,7,10-15H2,1H3/t18-,19-,24?. The first-order valence-corrected chi connectivity index (χ1v) is 10.9. The molecule has 29 heavy (non-hydrogen) atoms. The smallest absolute Gasteiger partial charge is 0.194 e. The first kappa shape index (κ1) is 21.7. The van der Waals surface area contributed by atoms with Gasteiger partial charge in [-0.3, -0.25) is 0 Å². The maximum absolute atomic E-state index is 13.6. The zero-order valence-corrected chi connectivity index (χ0v) is 17.2. The summed E-state index contributed by atoms with van der Waals surface area (Å²) in [5.41, 5.74) is 0.967. The second-order valence-corrected chi connectivity index (χ2v) is 8.32. The molecule has 0 amide bonds. The molecular formula is C25H31F3O. The Morgan fingerprint density at radius 2 is 1.48 bits per heavy atom. The van der Waals surface area contributed by atoms with E-state index in [1.807, 2.05) is 30.3 Å². The fourth-order valence-corrected chi connectivity index (χ4v) is 4.41. The van der Waals surface area contributed by atoms with Crippen LogP contribution in [0.25, 0.3) is 0 Å². The van der Waals surface area contributed by atoms with Crippen molar-refractivity contribution in [1.29, 1.82) is 0 Å². The van der Waals surface area contributed by atoms with Gasteiger partial charge in [0.2, 0.25) is 0 Å². The molecule has 0 aromatic heterocycles. The van der Waals surface area contributed by atoms with Crippen LogP contribution in [0.1, 0.15) is 76.4 Å². The predicted molar refractivity (Wildman–Crippen MR) is 110 cm³/mol. The van der Waals surface area contributed by atoms with E-state index in [2.05, 4.69) is 6.92 Å². The topological polar surface area (TPSA) is 9.23 Å². The summed E-state index contributed by atoms with van der Waals surface area (Å²) in [5.74, 6) is -2.34. The normalized spacial score (nSPS) is 20.4. The average molecular weight is 405 g/mol. The first-order valence-electron chi connectivity index (χ1n) is 10.9. The molecule has 0 spiro atoms. The van der Waals surface area contributed by atoms with E-state index in [9.17, 15) is 13.2 Å². The SMILES string of the molecule is CCCC[C@H]1CC[C@H](CCC(Oc2cc(F)c(F)c(F)c2)c2ccccc2)CC1. The van der Waals surface area contributed by atoms with Gasteiger partial charge in [0.25, 0.3) is 0 Å². The number of hydrogen-bond donors (Lipinski definition) is 0. The minimum atomic E-state index is -1.46. The highest BCUT2D eigenvalue weighted by Gasteiger charge is 2.23. The van der Waals surface area contributed by atoms with Gasteiger partial charge >= 0.3 is 0 Å². The zero-order valence-electron chi connectivity index (χ0n) is 17.2. The van der Waals surface area contributed by atoms with E-state index < -0.39 is 17.5 Å². The Morgan fingerprint density at radius 1 is 0.897 bits per heavy atom. The number of ether oxygens (including phenoxy) is 1. The van der Waals surface area contributed by atoms with Crippen LogP contribution in [0.15, 0.2) is 42.5 Å². The zero-order chi connectivity index (χ0) is 20.6. The molecule has 1 unspecified atom stereocenters. The Kier molecular flexibility index (Phi) is 8.02. The lowest BCUT2D eigenvalue weighted by atomic mass is 9.77. The maximum Gasteiger partial charge on any atom is 0.194 e. The van der Waals surface area contributed by atoms with Gasteiger partial charge in [0.05, 0.1) is 0 Å². The minimum Gasteiger partial charge on any atom is -0.486 e. The van der Waals surface area contributed by atoms with Crippen molar-refractivity contribution in [2.45, 2.75) is 70.8 Å². The van der Waals surface area contributed by atoms with E-state index in [1.54, 1.807) is 0 Å². The lowest BCUT2D eigenvalue weighted by Gasteiger charge is -2.30. The molecule has 1 aliphatic rings. The van der Waals surface area contributed by atoms with E-state index in [4.69, 9.17) is 4.74 Å². The highest BCUT2D eigenvalue weighted by Crippen LogP contribution is 2.36. The summed E-state index contributed by atoms with van der Waals surface area (Å²) < 4.78 is 46.4. The summed E-state index contributed by atoms with van der Waals surface area (Å²) in [7, 11) is 0. The van der Waals surface area contributed by atoms with Crippen LogP contribution in [-0.4, -0.2) is 0 Å². The first-order chi connectivity index (χ1) is 14.1. The van der Waals surface area contributed by atoms with Gasteiger partial charge in [0.15, 0.2) is 17.5 Å². The summed E-state index contributed by atoms with van der Waals surface area (Å²) in [6.45, 7) is 2.24. The third-order valence-corrected chi connectivity index (χ3v) is 6.18. The third-order valence-electron chi connectivity index (χ3n) is 6.18. The molecule has 0 N–H and O–H groups in total. The Balaban J connectivity index is 1.62. The quantitative estimate of drug-likeness (QED) is 0.385. The molecule has 4 heteroatoms. The largest absolute Gasteiger partial charge is 0.486 e. The van der Waals surface area contributed by atoms with Crippen LogP contribution in [0.4, 0.5) is 13.2 Å². The Bertz CT molecular complexity index is 731. The number of halogens is 3. The monoisotopic (exact) mass is 404 g/mol. The van der Waals surface area contributed by atoms with E-state index >= 15 is 0 Å². The van der Waals surface area contributed by atoms with Crippen molar-refractivity contribution in [3.05, 3.63) is 65.5 Å². The second kappa shape index (κ2) is 10.7. The van der Waals surface area contributed by atoms with Crippen LogP contribution >= 0.6 is 0 Å². The number of benzene rings is 2. The fraction of sp³-hybridized carbons (Fsp3) is 0.520. The summed E-state index contributed by atoms with van der Waals surface area (Å²) in [5, 5.41) is 0. The van der Waals surface area contributed by atoms with Crippen molar-refractivity contribution < 1.29 is 17.9 Å². The van der Waals surface area contributed by atoms with Crippen molar-refractivity contribution in [3.8, 4) is 5.75 Å². The molecule has 1 atom stereocenters. The van der Waals surface area contributed by atoms with E-state index in [1.165, 1.54) is 44.9 Å². The molecule has 2 aromatic carbocycles. The van der Waals surface area contributed by atoms with Crippen molar-refractivity contribution in [2.75, 3.05) is 0 Å². The van der Waals surface area contributed by atoms with Crippen LogP contribution in [0.5, 0.6) is 5.75 Å². The van der Waals surface area contributed by atoms with Crippen molar-refractivity contribution in [1.82, 2.24) is 0 Å². The Morgan fingerprint density at radius 3 is 2.07 bits per heavy atom. The van der Waals surface area contributed by atoms with Crippen molar-refractivity contribution >= 4 is 0 Å². The molecule has 0 saturated heterocycles. The van der Waals surface area contributed by atoms with Crippen molar-refractivity contribution in [3.63, 3.8) is 0 Å². The highest BCUT2D eigenvalue weighted by molar-refractivity contribution is 5.27. The molecule has 0 heterocycles. The van der Waals surface area contributed by atoms with Crippen LogP contribution < -0.4 is 4.74 Å². The maximum atomic E-state index is 13.6. The summed E-state index contributed by atoms with van der Waals surface area (Å²) in [6, 6.07) is 11.5. The van der Waals surface area contributed by atoms with Crippen LogP contribution in [-0.2, 0) is 0 Å². The highest BCUT2D eigenvalue weighted by atomic mass is 19.2. The van der Waals surface area contributed by atoms with Gasteiger partial charge in [0, 0.05) is 12.1 Å². The Hall–Kier alpha value is -1.97. The van der Waals surface area contributed by atoms with Gasteiger partial charge in [-0.15, -0.1) is 0 Å². The van der Waals surface area contributed by atoms with Crippen LogP contribution in [0.3, 0.4) is 0 Å². The molecule has 1 nitrogen and oxygen atoms in total. The average Bonchev–Trinajstić information content (AvgIpc) is 2.74. The molecule has 0 radical (unpaired) electrons. The summed E-state index contributed by atoms with van der Waals surface area (Å²) >= 11 is 0. The number of unbranched alkanes of at least 4 members (excludes halogenated alkanes) is 1. The molecule has 158 valence electrons. The minimum absolute atomic E-state index is 0.0264. The lowest BCUT2D eigenvalue weighted by molar-refractivity contribution is 0.166. The summed E-state index contributed by atoms with van der Waals surface area (Å²) in [4.78, 5) is 0. The molecule has 1 aliphatic carbocycles. The van der Waals surface area contributed by atoms with Gasteiger partial charge in [-0.2, -0.15) is 0 Å². The van der Waals surface area contributed by atoms with E-state index in [-0.39, 0.29) is 11.9 Å². The summed E-state index contributed by atoms with van der Waals surface area (Å²) in [6.07, 6.45) is 10.5. The van der Waals surface area contributed by atoms with E-state index in [0.29, 0.717) is 5.92 Å². The predicted octanol–water partition coefficient (Wildman–Crippen LogP) is 8.00. The number of hydrogen-bond acceptors (Lipinski definition) is 1. The van der Waals surface area contributed by atoms with Gasteiger partial charge < -0.3 is 4.74 Å².